The number of carbonyl (C=O) groups is 1. The van der Waals surface area contributed by atoms with E-state index in [4.69, 9.17) is 0 Å². The van der Waals surface area contributed by atoms with E-state index in [-0.39, 0.29) is 5.91 Å². The number of anilines is 1. The summed E-state index contributed by atoms with van der Waals surface area (Å²) >= 11 is 2.85. The predicted octanol–water partition coefficient (Wildman–Crippen LogP) is 5.13. The Balaban J connectivity index is 1.73. The molecule has 1 amide bonds. The molecule has 0 aliphatic heterocycles. The van der Waals surface area contributed by atoms with Gasteiger partial charge in [-0.1, -0.05) is 55.9 Å². The molecular weight excluding hydrogens is 364 g/mol. The van der Waals surface area contributed by atoms with E-state index in [2.05, 4.69) is 58.6 Å². The molecular formula is C19H22N4OS2. The van der Waals surface area contributed by atoms with Gasteiger partial charge in [-0.05, 0) is 25.3 Å². The number of nitrogens with zero attached hydrogens (tertiary/aromatic N) is 3. The van der Waals surface area contributed by atoms with Crippen molar-refractivity contribution in [3.63, 3.8) is 0 Å². The zero-order valence-electron chi connectivity index (χ0n) is 15.2. The molecule has 5 nitrogen and oxygen atoms in total. The Morgan fingerprint density at radius 2 is 1.88 bits per heavy atom. The van der Waals surface area contributed by atoms with E-state index in [1.807, 2.05) is 6.92 Å². The van der Waals surface area contributed by atoms with E-state index in [0.717, 1.165) is 47.0 Å². The summed E-state index contributed by atoms with van der Waals surface area (Å²) in [6, 6.07) is 8.32. The molecule has 3 aromatic rings. The first-order valence-electron chi connectivity index (χ1n) is 8.81. The number of nitrogens with one attached hydrogen (secondary N) is 1. The lowest BCUT2D eigenvalue weighted by Gasteiger charge is -1.99. The molecule has 0 spiro atoms. The second kappa shape index (κ2) is 8.51. The standard InChI is InChI=1S/C19H22N4OS2/c1-4-6-7-15-22-23-19(25-15)21-17(24)16-12(3)20-18(26-16)14-10-8-13(5-2)9-11-14/h8-11H,4-7H2,1-3H3,(H,21,23,24). The largest absolute Gasteiger partial charge is 0.296 e. The molecule has 136 valence electrons. The topological polar surface area (TPSA) is 67.8 Å². The third-order valence-electron chi connectivity index (χ3n) is 4.04. The third kappa shape index (κ3) is 4.34. The number of unbranched alkanes of at least 4 members (excludes halogenated alkanes) is 1. The molecule has 0 fully saturated rings. The summed E-state index contributed by atoms with van der Waals surface area (Å²) in [4.78, 5) is 17.8. The number of hydrogen-bond donors (Lipinski definition) is 1. The fraction of sp³-hybridized carbons (Fsp3) is 0.368. The molecule has 0 radical (unpaired) electrons. The van der Waals surface area contributed by atoms with Gasteiger partial charge in [-0.3, -0.25) is 10.1 Å². The molecule has 0 aliphatic carbocycles. The molecule has 2 aromatic heterocycles. The molecule has 0 saturated heterocycles. The summed E-state index contributed by atoms with van der Waals surface area (Å²) in [5, 5.41) is 13.4. The quantitative estimate of drug-likeness (QED) is 0.611. The van der Waals surface area contributed by atoms with E-state index < -0.39 is 0 Å². The van der Waals surface area contributed by atoms with Gasteiger partial charge in [0.15, 0.2) is 0 Å². The van der Waals surface area contributed by atoms with Gasteiger partial charge >= 0.3 is 0 Å². The lowest BCUT2D eigenvalue weighted by molar-refractivity contribution is 0.102. The van der Waals surface area contributed by atoms with Crippen molar-refractivity contribution >= 4 is 33.7 Å². The van der Waals surface area contributed by atoms with Crippen molar-refractivity contribution in [2.75, 3.05) is 5.32 Å². The molecule has 7 heteroatoms. The summed E-state index contributed by atoms with van der Waals surface area (Å²) in [5.41, 5.74) is 3.06. The van der Waals surface area contributed by atoms with Crippen LogP contribution in [-0.2, 0) is 12.8 Å². The second-order valence-electron chi connectivity index (χ2n) is 6.04. The monoisotopic (exact) mass is 386 g/mol. The minimum absolute atomic E-state index is 0.172. The minimum atomic E-state index is -0.172. The van der Waals surface area contributed by atoms with Gasteiger partial charge in [0.25, 0.3) is 5.91 Å². The molecule has 0 bridgehead atoms. The Labute approximate surface area is 161 Å². The maximum atomic E-state index is 12.6. The Morgan fingerprint density at radius 1 is 1.12 bits per heavy atom. The molecule has 1 aromatic carbocycles. The van der Waals surface area contributed by atoms with Crippen LogP contribution in [0.1, 0.15) is 52.6 Å². The highest BCUT2D eigenvalue weighted by atomic mass is 32.1. The third-order valence-corrected chi connectivity index (χ3v) is 6.15. The van der Waals surface area contributed by atoms with Crippen molar-refractivity contribution in [2.24, 2.45) is 0 Å². The van der Waals surface area contributed by atoms with Crippen molar-refractivity contribution in [3.05, 3.63) is 45.4 Å². The van der Waals surface area contributed by atoms with Crippen molar-refractivity contribution in [2.45, 2.75) is 46.5 Å². The Hall–Kier alpha value is -2.12. The van der Waals surface area contributed by atoms with Gasteiger partial charge in [0, 0.05) is 12.0 Å². The fourth-order valence-corrected chi connectivity index (χ4v) is 4.24. The maximum Gasteiger partial charge on any atom is 0.269 e. The summed E-state index contributed by atoms with van der Waals surface area (Å²) in [7, 11) is 0. The molecule has 0 atom stereocenters. The number of hydrogen-bond acceptors (Lipinski definition) is 6. The minimum Gasteiger partial charge on any atom is -0.296 e. The Bertz CT molecular complexity index is 883. The number of aromatic nitrogens is 3. The number of thiazole rings is 1. The first-order chi connectivity index (χ1) is 12.6. The SMILES string of the molecule is CCCCc1nnc(NC(=O)c2sc(-c3ccc(CC)cc3)nc2C)s1. The van der Waals surface area contributed by atoms with Crippen LogP contribution >= 0.6 is 22.7 Å². The number of carbonyl (C=O) groups excluding carboxylic acids is 1. The van der Waals surface area contributed by atoms with Crippen molar-refractivity contribution in [1.82, 2.24) is 15.2 Å². The van der Waals surface area contributed by atoms with Crippen LogP contribution in [0.2, 0.25) is 0 Å². The van der Waals surface area contributed by atoms with Crippen LogP contribution in [0.3, 0.4) is 0 Å². The zero-order chi connectivity index (χ0) is 18.5. The first-order valence-corrected chi connectivity index (χ1v) is 10.4. The van der Waals surface area contributed by atoms with Gasteiger partial charge < -0.3 is 0 Å². The van der Waals surface area contributed by atoms with Crippen LogP contribution in [-0.4, -0.2) is 21.1 Å². The van der Waals surface area contributed by atoms with Crippen molar-refractivity contribution < 1.29 is 4.79 Å². The Morgan fingerprint density at radius 3 is 2.58 bits per heavy atom. The van der Waals surface area contributed by atoms with Crippen LogP contribution in [0.5, 0.6) is 0 Å². The molecule has 1 N–H and O–H groups in total. The van der Waals surface area contributed by atoms with Crippen molar-refractivity contribution in [1.29, 1.82) is 0 Å². The van der Waals surface area contributed by atoms with Crippen LogP contribution < -0.4 is 5.32 Å². The predicted molar refractivity (Wildman–Crippen MR) is 108 cm³/mol. The number of aryl methyl sites for hydroxylation is 3. The molecule has 0 saturated carbocycles. The van der Waals surface area contributed by atoms with E-state index in [1.54, 1.807) is 0 Å². The van der Waals surface area contributed by atoms with Crippen LogP contribution in [0.15, 0.2) is 24.3 Å². The average Bonchev–Trinajstić information content (AvgIpc) is 3.26. The van der Waals surface area contributed by atoms with Gasteiger partial charge in [-0.2, -0.15) is 0 Å². The average molecular weight is 387 g/mol. The second-order valence-corrected chi connectivity index (χ2v) is 8.10. The molecule has 2 heterocycles. The summed E-state index contributed by atoms with van der Waals surface area (Å²) in [6.45, 7) is 6.14. The molecule has 0 aliphatic rings. The maximum absolute atomic E-state index is 12.6. The summed E-state index contributed by atoms with van der Waals surface area (Å²) in [6.07, 6.45) is 4.11. The zero-order valence-corrected chi connectivity index (χ0v) is 16.8. The Kier molecular flexibility index (Phi) is 6.11. The van der Waals surface area contributed by atoms with Crippen molar-refractivity contribution in [3.8, 4) is 10.6 Å². The lowest BCUT2D eigenvalue weighted by Crippen LogP contribution is -2.11. The van der Waals surface area contributed by atoms with Crippen LogP contribution in [0.4, 0.5) is 5.13 Å². The molecule has 3 rings (SSSR count). The van der Waals surface area contributed by atoms with Gasteiger partial charge in [0.2, 0.25) is 5.13 Å². The smallest absolute Gasteiger partial charge is 0.269 e. The van der Waals surface area contributed by atoms with Gasteiger partial charge in [-0.15, -0.1) is 21.5 Å². The highest BCUT2D eigenvalue weighted by Crippen LogP contribution is 2.29. The highest BCUT2D eigenvalue weighted by Gasteiger charge is 2.18. The van der Waals surface area contributed by atoms with E-state index in [1.165, 1.54) is 28.2 Å². The van der Waals surface area contributed by atoms with E-state index >= 15 is 0 Å². The molecule has 26 heavy (non-hydrogen) atoms. The number of benzene rings is 1. The highest BCUT2D eigenvalue weighted by molar-refractivity contribution is 7.17. The first kappa shape index (κ1) is 18.7. The summed E-state index contributed by atoms with van der Waals surface area (Å²) < 4.78 is 0. The summed E-state index contributed by atoms with van der Waals surface area (Å²) in [5.74, 6) is -0.172. The van der Waals surface area contributed by atoms with Crippen LogP contribution in [0, 0.1) is 6.92 Å². The molecule has 0 unspecified atom stereocenters. The van der Waals surface area contributed by atoms with Gasteiger partial charge in [-0.25, -0.2) is 4.98 Å². The van der Waals surface area contributed by atoms with E-state index in [9.17, 15) is 4.79 Å². The lowest BCUT2D eigenvalue weighted by atomic mass is 10.1. The van der Waals surface area contributed by atoms with E-state index in [0.29, 0.717) is 10.0 Å². The van der Waals surface area contributed by atoms with Crippen LogP contribution in [0.25, 0.3) is 10.6 Å². The number of amides is 1. The van der Waals surface area contributed by atoms with Gasteiger partial charge in [0.1, 0.15) is 14.9 Å². The fourth-order valence-electron chi connectivity index (χ4n) is 2.50. The number of rotatable bonds is 7. The normalized spacial score (nSPS) is 10.9. The van der Waals surface area contributed by atoms with Gasteiger partial charge in [0.05, 0.1) is 5.69 Å².